The molecule has 7 nitrogen and oxygen atoms in total. The molecule has 0 aliphatic carbocycles. The molecule has 2 aromatic rings. The molecule has 28 heavy (non-hydrogen) atoms. The average molecular weight is 405 g/mol. The molecule has 1 saturated heterocycles. The number of benzene rings is 1. The maximum absolute atomic E-state index is 13.2. The van der Waals surface area contributed by atoms with Gasteiger partial charge in [-0.1, -0.05) is 32.0 Å². The van der Waals surface area contributed by atoms with Gasteiger partial charge in [-0.2, -0.15) is 5.10 Å². The van der Waals surface area contributed by atoms with Crippen LogP contribution in [0.3, 0.4) is 0 Å². The van der Waals surface area contributed by atoms with Crippen LogP contribution in [0.4, 0.5) is 0 Å². The summed E-state index contributed by atoms with van der Waals surface area (Å²) in [6.45, 7) is 7.16. The van der Waals surface area contributed by atoms with Crippen LogP contribution in [0.25, 0.3) is 5.69 Å². The molecule has 152 valence electrons. The SMILES string of the molecule is CCN(CC)CCN(C(=O)c1ccn(-c2ccccc2)n1)C1CCS(=O)(=O)C1. The highest BCUT2D eigenvalue weighted by molar-refractivity contribution is 7.91. The van der Waals surface area contributed by atoms with E-state index in [1.54, 1.807) is 21.8 Å². The Kier molecular flexibility index (Phi) is 6.51. The van der Waals surface area contributed by atoms with Gasteiger partial charge in [0.1, 0.15) is 0 Å². The fourth-order valence-corrected chi connectivity index (χ4v) is 5.30. The van der Waals surface area contributed by atoms with Gasteiger partial charge in [0.05, 0.1) is 17.2 Å². The van der Waals surface area contributed by atoms with Crippen molar-refractivity contribution in [2.24, 2.45) is 0 Å². The third-order valence-electron chi connectivity index (χ3n) is 5.29. The van der Waals surface area contributed by atoms with E-state index in [9.17, 15) is 13.2 Å². The van der Waals surface area contributed by atoms with E-state index in [1.165, 1.54) is 0 Å². The topological polar surface area (TPSA) is 75.5 Å². The van der Waals surface area contributed by atoms with Gasteiger partial charge in [0.2, 0.25) is 0 Å². The number of aromatic nitrogens is 2. The van der Waals surface area contributed by atoms with Crippen molar-refractivity contribution in [1.29, 1.82) is 0 Å². The first kappa shape index (κ1) is 20.5. The number of likely N-dealkylation sites (N-methyl/N-ethyl adjacent to an activating group) is 1. The van der Waals surface area contributed by atoms with Crippen molar-refractivity contribution in [3.63, 3.8) is 0 Å². The molecule has 1 aliphatic rings. The van der Waals surface area contributed by atoms with Gasteiger partial charge < -0.3 is 9.80 Å². The Morgan fingerprint density at radius 3 is 2.46 bits per heavy atom. The van der Waals surface area contributed by atoms with E-state index in [2.05, 4.69) is 23.8 Å². The molecule has 0 spiro atoms. The van der Waals surface area contributed by atoms with Crippen LogP contribution in [0, 0.1) is 0 Å². The van der Waals surface area contributed by atoms with Gasteiger partial charge in [-0.3, -0.25) is 4.79 Å². The molecule has 0 N–H and O–H groups in total. The number of carbonyl (C=O) groups is 1. The van der Waals surface area contributed by atoms with E-state index in [-0.39, 0.29) is 23.5 Å². The van der Waals surface area contributed by atoms with Crippen LogP contribution in [0.5, 0.6) is 0 Å². The summed E-state index contributed by atoms with van der Waals surface area (Å²) < 4.78 is 25.6. The van der Waals surface area contributed by atoms with Crippen molar-refractivity contribution in [2.45, 2.75) is 26.3 Å². The highest BCUT2D eigenvalue weighted by Gasteiger charge is 2.35. The van der Waals surface area contributed by atoms with E-state index in [0.717, 1.165) is 18.8 Å². The number of carbonyl (C=O) groups excluding carboxylic acids is 1. The second kappa shape index (κ2) is 8.87. The number of amides is 1. The van der Waals surface area contributed by atoms with E-state index in [4.69, 9.17) is 0 Å². The molecule has 3 rings (SSSR count). The van der Waals surface area contributed by atoms with Crippen LogP contribution < -0.4 is 0 Å². The van der Waals surface area contributed by atoms with Crippen molar-refractivity contribution in [2.75, 3.05) is 37.7 Å². The smallest absolute Gasteiger partial charge is 0.274 e. The molecule has 0 saturated carbocycles. The maximum atomic E-state index is 13.2. The van der Waals surface area contributed by atoms with Crippen molar-refractivity contribution >= 4 is 15.7 Å². The number of sulfone groups is 1. The minimum absolute atomic E-state index is 0.0381. The van der Waals surface area contributed by atoms with E-state index >= 15 is 0 Å². The van der Waals surface area contributed by atoms with Crippen molar-refractivity contribution in [1.82, 2.24) is 19.6 Å². The predicted molar refractivity (Wildman–Crippen MR) is 109 cm³/mol. The Balaban J connectivity index is 1.81. The lowest BCUT2D eigenvalue weighted by Gasteiger charge is -2.30. The molecular weight excluding hydrogens is 376 g/mol. The quantitative estimate of drug-likeness (QED) is 0.671. The first-order chi connectivity index (χ1) is 13.4. The van der Waals surface area contributed by atoms with Gasteiger partial charge in [-0.05, 0) is 37.7 Å². The van der Waals surface area contributed by atoms with Gasteiger partial charge in [0, 0.05) is 25.3 Å². The lowest BCUT2D eigenvalue weighted by molar-refractivity contribution is 0.0668. The van der Waals surface area contributed by atoms with Gasteiger partial charge in [0.25, 0.3) is 5.91 Å². The molecule has 1 aromatic heterocycles. The summed E-state index contributed by atoms with van der Waals surface area (Å²) in [5.74, 6) is -0.0226. The minimum atomic E-state index is -3.08. The maximum Gasteiger partial charge on any atom is 0.274 e. The van der Waals surface area contributed by atoms with Crippen molar-refractivity contribution < 1.29 is 13.2 Å². The van der Waals surface area contributed by atoms with Crippen LogP contribution in [-0.2, 0) is 9.84 Å². The summed E-state index contributed by atoms with van der Waals surface area (Å²) in [6, 6.07) is 11.0. The van der Waals surface area contributed by atoms with Gasteiger partial charge in [0.15, 0.2) is 15.5 Å². The Bertz CT molecular complexity index is 891. The van der Waals surface area contributed by atoms with Crippen LogP contribution in [0.1, 0.15) is 30.8 Å². The largest absolute Gasteiger partial charge is 0.332 e. The molecule has 1 atom stereocenters. The van der Waals surface area contributed by atoms with Gasteiger partial charge in [-0.15, -0.1) is 0 Å². The third kappa shape index (κ3) is 4.80. The zero-order valence-electron chi connectivity index (χ0n) is 16.5. The monoisotopic (exact) mass is 404 g/mol. The Labute approximate surface area is 166 Å². The van der Waals surface area contributed by atoms with Gasteiger partial charge >= 0.3 is 0 Å². The van der Waals surface area contributed by atoms with Crippen LogP contribution in [0.15, 0.2) is 42.6 Å². The molecule has 1 amide bonds. The Morgan fingerprint density at radius 2 is 1.86 bits per heavy atom. The number of rotatable bonds is 8. The average Bonchev–Trinajstić information content (AvgIpc) is 3.32. The van der Waals surface area contributed by atoms with Crippen molar-refractivity contribution in [3.8, 4) is 5.69 Å². The molecule has 8 heteroatoms. The minimum Gasteiger partial charge on any atom is -0.332 e. The number of para-hydroxylation sites is 1. The highest BCUT2D eigenvalue weighted by Crippen LogP contribution is 2.20. The molecular formula is C20H28N4O3S. The van der Waals surface area contributed by atoms with Crippen LogP contribution >= 0.6 is 0 Å². The second-order valence-electron chi connectivity index (χ2n) is 7.06. The lowest BCUT2D eigenvalue weighted by atomic mass is 10.2. The zero-order chi connectivity index (χ0) is 20.1. The summed E-state index contributed by atoms with van der Waals surface area (Å²) in [7, 11) is -3.08. The number of nitrogens with zero attached hydrogens (tertiary/aromatic N) is 4. The summed E-state index contributed by atoms with van der Waals surface area (Å²) in [5, 5.41) is 4.44. The summed E-state index contributed by atoms with van der Waals surface area (Å²) in [6.07, 6.45) is 2.25. The summed E-state index contributed by atoms with van der Waals surface area (Å²) in [5.41, 5.74) is 1.22. The Hall–Kier alpha value is -2.19. The van der Waals surface area contributed by atoms with Crippen LogP contribution in [-0.4, -0.2) is 77.6 Å². The van der Waals surface area contributed by atoms with E-state index < -0.39 is 9.84 Å². The molecule has 0 radical (unpaired) electrons. The van der Waals surface area contributed by atoms with E-state index in [0.29, 0.717) is 25.2 Å². The predicted octanol–water partition coefficient (Wildman–Crippen LogP) is 1.84. The van der Waals surface area contributed by atoms with Crippen molar-refractivity contribution in [3.05, 3.63) is 48.3 Å². The molecule has 1 aromatic carbocycles. The Morgan fingerprint density at radius 1 is 1.14 bits per heavy atom. The molecule has 1 fully saturated rings. The highest BCUT2D eigenvalue weighted by atomic mass is 32.2. The van der Waals surface area contributed by atoms with Gasteiger partial charge in [-0.25, -0.2) is 13.1 Å². The summed E-state index contributed by atoms with van der Waals surface area (Å²) >= 11 is 0. The van der Waals surface area contributed by atoms with Crippen LogP contribution in [0.2, 0.25) is 0 Å². The standard InChI is InChI=1S/C20H28N4O3S/c1-3-22(4-2)13-14-23(18-11-15-28(26,27)16-18)20(25)19-10-12-24(21-19)17-8-6-5-7-9-17/h5-10,12,18H,3-4,11,13-16H2,1-2H3. The molecule has 1 aliphatic heterocycles. The molecule has 2 heterocycles. The van der Waals surface area contributed by atoms with E-state index in [1.807, 2.05) is 30.3 Å². The molecule has 0 bridgehead atoms. The number of hydrogen-bond donors (Lipinski definition) is 0. The zero-order valence-corrected chi connectivity index (χ0v) is 17.3. The second-order valence-corrected chi connectivity index (χ2v) is 9.29. The lowest BCUT2D eigenvalue weighted by Crippen LogP contribution is -2.45. The summed E-state index contributed by atoms with van der Waals surface area (Å²) in [4.78, 5) is 17.2. The third-order valence-corrected chi connectivity index (χ3v) is 7.04. The molecule has 1 unspecified atom stereocenters. The fraction of sp³-hybridized carbons (Fsp3) is 0.500. The fourth-order valence-electron chi connectivity index (χ4n) is 3.57. The normalized spacial score (nSPS) is 18.5. The first-order valence-corrected chi connectivity index (χ1v) is 11.6. The number of hydrogen-bond acceptors (Lipinski definition) is 5. The first-order valence-electron chi connectivity index (χ1n) is 9.78.